The van der Waals surface area contributed by atoms with E-state index in [-0.39, 0.29) is 23.5 Å². The molecule has 2 N–H and O–H groups in total. The van der Waals surface area contributed by atoms with Crippen molar-refractivity contribution in [3.8, 4) is 5.75 Å². The van der Waals surface area contributed by atoms with Crippen LogP contribution >= 0.6 is 0 Å². The highest BCUT2D eigenvalue weighted by Gasteiger charge is 2.28. The van der Waals surface area contributed by atoms with Gasteiger partial charge in [0.25, 0.3) is 0 Å². The first-order valence-electron chi connectivity index (χ1n) is 4.24. The number of nitrogens with two attached hydrogens (primary N) is 1. The molecule has 0 atom stereocenters. The minimum Gasteiger partial charge on any atom is -0.482 e. The van der Waals surface area contributed by atoms with Crippen molar-refractivity contribution >= 4 is 11.6 Å². The van der Waals surface area contributed by atoms with Gasteiger partial charge in [0.15, 0.2) is 0 Å². The van der Waals surface area contributed by atoms with Crippen LogP contribution in [0.3, 0.4) is 0 Å². The average Bonchev–Trinajstić information content (AvgIpc) is 2.91. The largest absolute Gasteiger partial charge is 0.482 e. The predicted molar refractivity (Wildman–Crippen MR) is 49.0 cm³/mol. The first kappa shape index (κ1) is 8.74. The average molecular weight is 195 g/mol. The highest BCUT2D eigenvalue weighted by Crippen LogP contribution is 2.32. The molecule has 1 aromatic rings. The Morgan fingerprint density at radius 3 is 2.86 bits per heavy atom. The fraction of sp³-hybridized carbons (Fsp3) is 0.375. The lowest BCUT2D eigenvalue weighted by atomic mass is 10.4. The quantitative estimate of drug-likeness (QED) is 0.576. The third-order valence-electron chi connectivity index (χ3n) is 1.85. The molecule has 0 spiro atoms. The van der Waals surface area contributed by atoms with Crippen molar-refractivity contribution in [2.45, 2.75) is 18.9 Å². The predicted octanol–water partition coefficient (Wildman–Crippen LogP) is 1.11. The molecule has 1 aliphatic carbocycles. The van der Waals surface area contributed by atoms with E-state index in [4.69, 9.17) is 10.5 Å². The summed E-state index contributed by atoms with van der Waals surface area (Å²) in [5.74, 6) is 0.0171. The summed E-state index contributed by atoms with van der Waals surface area (Å²) in [7, 11) is 0. The van der Waals surface area contributed by atoms with Gasteiger partial charge in [0, 0.05) is 6.07 Å². The molecule has 1 saturated carbocycles. The monoisotopic (exact) mass is 195 g/mol. The summed E-state index contributed by atoms with van der Waals surface area (Å²) in [6, 6.07) is 2.98. The number of hydrogen-bond acceptors (Lipinski definition) is 5. The number of nitro groups is 1. The number of aromatic nitrogens is 1. The first-order valence-corrected chi connectivity index (χ1v) is 4.24. The normalized spacial score (nSPS) is 15.1. The van der Waals surface area contributed by atoms with Crippen LogP contribution in [0, 0.1) is 10.1 Å². The van der Waals surface area contributed by atoms with Gasteiger partial charge in [0.2, 0.25) is 11.6 Å². The van der Waals surface area contributed by atoms with E-state index in [0.29, 0.717) is 0 Å². The van der Waals surface area contributed by atoms with Crippen molar-refractivity contribution in [3.05, 3.63) is 22.2 Å². The van der Waals surface area contributed by atoms with Crippen molar-refractivity contribution in [2.75, 3.05) is 5.73 Å². The maximum absolute atomic E-state index is 10.6. The Hall–Kier alpha value is -1.85. The van der Waals surface area contributed by atoms with Crippen molar-refractivity contribution in [1.29, 1.82) is 0 Å². The minimum atomic E-state index is -0.589. The van der Waals surface area contributed by atoms with Gasteiger partial charge in [-0.1, -0.05) is 0 Å². The molecule has 1 aliphatic rings. The van der Waals surface area contributed by atoms with Crippen LogP contribution in [0.4, 0.5) is 11.6 Å². The summed E-state index contributed by atoms with van der Waals surface area (Å²) in [5, 5.41) is 10.6. The lowest BCUT2D eigenvalue weighted by Gasteiger charge is -2.03. The van der Waals surface area contributed by atoms with Crippen molar-refractivity contribution < 1.29 is 9.66 Å². The van der Waals surface area contributed by atoms with Crippen LogP contribution in [-0.2, 0) is 0 Å². The molecule has 0 aliphatic heterocycles. The molecular weight excluding hydrogens is 186 g/mol. The fourth-order valence-corrected chi connectivity index (χ4v) is 1.04. The Labute approximate surface area is 79.8 Å². The van der Waals surface area contributed by atoms with E-state index >= 15 is 0 Å². The summed E-state index contributed by atoms with van der Waals surface area (Å²) >= 11 is 0. The number of nitrogens with zero attached hydrogens (tertiary/aromatic N) is 2. The van der Waals surface area contributed by atoms with Crippen LogP contribution in [0.15, 0.2) is 12.1 Å². The van der Waals surface area contributed by atoms with Crippen LogP contribution in [0.25, 0.3) is 0 Å². The zero-order chi connectivity index (χ0) is 10.1. The standard InChI is InChI=1S/C8H9N3O3/c9-7-4-3-6(14-5-1-2-5)8(10-7)11(12)13/h3-5H,1-2H2,(H2,9,10). The summed E-state index contributed by atoms with van der Waals surface area (Å²) in [4.78, 5) is 13.6. The number of rotatable bonds is 3. The first-order chi connectivity index (χ1) is 6.66. The van der Waals surface area contributed by atoms with Gasteiger partial charge in [-0.3, -0.25) is 0 Å². The van der Waals surface area contributed by atoms with Gasteiger partial charge in [0.05, 0.1) is 6.10 Å². The maximum Gasteiger partial charge on any atom is 0.408 e. The van der Waals surface area contributed by atoms with Crippen molar-refractivity contribution in [2.24, 2.45) is 0 Å². The molecular formula is C8H9N3O3. The van der Waals surface area contributed by atoms with E-state index in [1.165, 1.54) is 12.1 Å². The lowest BCUT2D eigenvalue weighted by molar-refractivity contribution is -0.390. The fourth-order valence-electron chi connectivity index (χ4n) is 1.04. The molecule has 1 heterocycles. The number of anilines is 1. The lowest BCUT2D eigenvalue weighted by Crippen LogP contribution is -2.03. The number of hydrogen-bond donors (Lipinski definition) is 1. The molecule has 74 valence electrons. The Kier molecular flexibility index (Phi) is 1.95. The van der Waals surface area contributed by atoms with E-state index in [1.54, 1.807) is 0 Å². The van der Waals surface area contributed by atoms with Crippen LogP contribution in [0.2, 0.25) is 0 Å². The van der Waals surface area contributed by atoms with Gasteiger partial charge in [-0.25, -0.2) is 0 Å². The second-order valence-electron chi connectivity index (χ2n) is 3.13. The molecule has 2 rings (SSSR count). The van der Waals surface area contributed by atoms with Gasteiger partial charge in [-0.05, 0) is 28.8 Å². The SMILES string of the molecule is Nc1ccc(OC2CC2)c([N+](=O)[O-])n1. The number of pyridine rings is 1. The molecule has 0 saturated heterocycles. The molecule has 14 heavy (non-hydrogen) atoms. The third-order valence-corrected chi connectivity index (χ3v) is 1.85. The van der Waals surface area contributed by atoms with Crippen molar-refractivity contribution in [1.82, 2.24) is 4.98 Å². The van der Waals surface area contributed by atoms with E-state index in [2.05, 4.69) is 4.98 Å². The maximum atomic E-state index is 10.6. The van der Waals surface area contributed by atoms with Gasteiger partial charge in [-0.2, -0.15) is 0 Å². The molecule has 0 unspecified atom stereocenters. The van der Waals surface area contributed by atoms with E-state index in [9.17, 15) is 10.1 Å². The molecule has 1 aromatic heterocycles. The summed E-state index contributed by atoms with van der Waals surface area (Å²) < 4.78 is 5.31. The summed E-state index contributed by atoms with van der Waals surface area (Å²) in [6.07, 6.45) is 2.00. The van der Waals surface area contributed by atoms with E-state index in [1.807, 2.05) is 0 Å². The van der Waals surface area contributed by atoms with Gasteiger partial charge < -0.3 is 20.6 Å². The third kappa shape index (κ3) is 1.73. The topological polar surface area (TPSA) is 91.3 Å². The zero-order valence-electron chi connectivity index (χ0n) is 7.34. The molecule has 0 bridgehead atoms. The zero-order valence-corrected chi connectivity index (χ0v) is 7.34. The molecule has 0 amide bonds. The molecule has 1 fully saturated rings. The number of nitrogen functional groups attached to an aromatic ring is 1. The van der Waals surface area contributed by atoms with Gasteiger partial charge in [-0.15, -0.1) is 0 Å². The number of ether oxygens (including phenoxy) is 1. The van der Waals surface area contributed by atoms with Crippen LogP contribution in [0.5, 0.6) is 5.75 Å². The molecule has 6 nitrogen and oxygen atoms in total. The van der Waals surface area contributed by atoms with Crippen LogP contribution < -0.4 is 10.5 Å². The Balaban J connectivity index is 2.31. The summed E-state index contributed by atoms with van der Waals surface area (Å²) in [5.41, 5.74) is 5.34. The van der Waals surface area contributed by atoms with Crippen molar-refractivity contribution in [3.63, 3.8) is 0 Å². The highest BCUT2D eigenvalue weighted by molar-refractivity contribution is 5.46. The molecule has 0 aromatic carbocycles. The molecule has 6 heteroatoms. The minimum absolute atomic E-state index is 0.110. The highest BCUT2D eigenvalue weighted by atomic mass is 16.6. The van der Waals surface area contributed by atoms with Gasteiger partial charge >= 0.3 is 5.82 Å². The van der Waals surface area contributed by atoms with Crippen LogP contribution in [0.1, 0.15) is 12.8 Å². The van der Waals surface area contributed by atoms with E-state index in [0.717, 1.165) is 12.8 Å². The molecule has 0 radical (unpaired) electrons. The smallest absolute Gasteiger partial charge is 0.408 e. The summed E-state index contributed by atoms with van der Waals surface area (Å²) in [6.45, 7) is 0. The Morgan fingerprint density at radius 1 is 1.57 bits per heavy atom. The Morgan fingerprint density at radius 2 is 2.29 bits per heavy atom. The van der Waals surface area contributed by atoms with Gasteiger partial charge in [0.1, 0.15) is 0 Å². The second-order valence-corrected chi connectivity index (χ2v) is 3.13. The van der Waals surface area contributed by atoms with E-state index < -0.39 is 4.92 Å². The second kappa shape index (κ2) is 3.13. The van der Waals surface area contributed by atoms with Crippen LogP contribution in [-0.4, -0.2) is 16.0 Å². The Bertz CT molecular complexity index is 376.